The second-order valence-corrected chi connectivity index (χ2v) is 9.00. The van der Waals surface area contributed by atoms with Crippen molar-refractivity contribution in [3.8, 4) is 0 Å². The first-order valence-electron chi connectivity index (χ1n) is 11.2. The van der Waals surface area contributed by atoms with E-state index in [9.17, 15) is 14.4 Å². The van der Waals surface area contributed by atoms with Crippen LogP contribution in [-0.4, -0.2) is 51.5 Å². The Bertz CT molecular complexity index is 996. The number of hydrogen-bond acceptors (Lipinski definition) is 4. The van der Waals surface area contributed by atoms with Gasteiger partial charge >= 0.3 is 0 Å². The van der Waals surface area contributed by atoms with Crippen LogP contribution in [0.3, 0.4) is 0 Å². The van der Waals surface area contributed by atoms with Crippen LogP contribution in [0.1, 0.15) is 66.2 Å². The zero-order valence-corrected chi connectivity index (χ0v) is 19.6. The van der Waals surface area contributed by atoms with Gasteiger partial charge < -0.3 is 15.5 Å². The van der Waals surface area contributed by atoms with Crippen LogP contribution in [0.15, 0.2) is 30.3 Å². The number of hydrogen-bond donors (Lipinski definition) is 2. The summed E-state index contributed by atoms with van der Waals surface area (Å²) >= 11 is 0. The highest BCUT2D eigenvalue weighted by molar-refractivity contribution is 6.01. The number of nitrogens with zero attached hydrogens (tertiary/aromatic N) is 3. The van der Waals surface area contributed by atoms with Gasteiger partial charge in [0.05, 0.1) is 6.54 Å². The van der Waals surface area contributed by atoms with Crippen LogP contribution < -0.4 is 10.6 Å². The fraction of sp³-hybridized carbons (Fsp3) is 0.500. The van der Waals surface area contributed by atoms with E-state index < -0.39 is 5.54 Å². The molecule has 3 rings (SSSR count). The van der Waals surface area contributed by atoms with Crippen molar-refractivity contribution >= 4 is 17.7 Å². The number of carbonyl (C=O) groups is 3. The molecule has 0 aliphatic carbocycles. The molecule has 2 N–H and O–H groups in total. The predicted octanol–water partition coefficient (Wildman–Crippen LogP) is 2.38. The van der Waals surface area contributed by atoms with Gasteiger partial charge in [-0.25, -0.2) is 0 Å². The SMILES string of the molecule is CCc1ccc(CNC(=O)c2cc3n(n2)C[C@](C)(C(=O)NCCC(C)C)N(C)C3=O)cc1. The van der Waals surface area contributed by atoms with E-state index in [4.69, 9.17) is 0 Å². The zero-order chi connectivity index (χ0) is 23.5. The van der Waals surface area contributed by atoms with Crippen LogP contribution in [0.25, 0.3) is 0 Å². The van der Waals surface area contributed by atoms with Crippen molar-refractivity contribution in [3.05, 3.63) is 52.8 Å². The number of aromatic nitrogens is 2. The van der Waals surface area contributed by atoms with Gasteiger partial charge in [0.2, 0.25) is 5.91 Å². The van der Waals surface area contributed by atoms with Gasteiger partial charge in [0.25, 0.3) is 11.8 Å². The maximum atomic E-state index is 12.9. The minimum atomic E-state index is -1.08. The third-order valence-corrected chi connectivity index (χ3v) is 6.11. The van der Waals surface area contributed by atoms with Gasteiger partial charge in [-0.3, -0.25) is 19.1 Å². The first-order chi connectivity index (χ1) is 15.2. The van der Waals surface area contributed by atoms with Gasteiger partial charge in [0, 0.05) is 26.2 Å². The van der Waals surface area contributed by atoms with Gasteiger partial charge in [0.15, 0.2) is 5.69 Å². The molecule has 172 valence electrons. The molecule has 8 nitrogen and oxygen atoms in total. The van der Waals surface area contributed by atoms with Crippen LogP contribution in [0.2, 0.25) is 0 Å². The summed E-state index contributed by atoms with van der Waals surface area (Å²) in [7, 11) is 1.61. The maximum absolute atomic E-state index is 12.9. The average molecular weight is 440 g/mol. The zero-order valence-electron chi connectivity index (χ0n) is 19.6. The Morgan fingerprint density at radius 1 is 1.16 bits per heavy atom. The molecule has 1 aromatic heterocycles. The summed E-state index contributed by atoms with van der Waals surface area (Å²) in [5.74, 6) is -0.446. The van der Waals surface area contributed by atoms with E-state index in [-0.39, 0.29) is 30.0 Å². The van der Waals surface area contributed by atoms with Gasteiger partial charge in [-0.1, -0.05) is 45.0 Å². The van der Waals surface area contributed by atoms with E-state index in [2.05, 4.69) is 36.5 Å². The first kappa shape index (κ1) is 23.5. The van der Waals surface area contributed by atoms with Crippen molar-refractivity contribution in [3.63, 3.8) is 0 Å². The minimum absolute atomic E-state index is 0.163. The van der Waals surface area contributed by atoms with E-state index in [1.54, 1.807) is 14.0 Å². The summed E-state index contributed by atoms with van der Waals surface area (Å²) in [5, 5.41) is 10.1. The van der Waals surface area contributed by atoms with Crippen LogP contribution in [0, 0.1) is 5.92 Å². The Labute approximate surface area is 189 Å². The Morgan fingerprint density at radius 2 is 1.81 bits per heavy atom. The van der Waals surface area contributed by atoms with Gasteiger partial charge in [-0.15, -0.1) is 0 Å². The molecule has 0 fully saturated rings. The highest BCUT2D eigenvalue weighted by Crippen LogP contribution is 2.26. The van der Waals surface area contributed by atoms with Gasteiger partial charge in [-0.05, 0) is 36.8 Å². The van der Waals surface area contributed by atoms with Crippen molar-refractivity contribution < 1.29 is 14.4 Å². The molecule has 0 unspecified atom stereocenters. The van der Waals surface area contributed by atoms with Crippen molar-refractivity contribution in [2.24, 2.45) is 5.92 Å². The highest BCUT2D eigenvalue weighted by atomic mass is 16.2. The summed E-state index contributed by atoms with van der Waals surface area (Å²) in [6.07, 6.45) is 1.82. The summed E-state index contributed by atoms with van der Waals surface area (Å²) in [5.41, 5.74) is 1.61. The quantitative estimate of drug-likeness (QED) is 0.660. The molecule has 2 heterocycles. The fourth-order valence-corrected chi connectivity index (χ4v) is 3.67. The standard InChI is InChI=1S/C24H33N5O3/c1-6-17-7-9-18(10-8-17)14-26-21(30)19-13-20-22(31)28(5)24(4,15-29(20)27-19)23(32)25-12-11-16(2)3/h7-10,13,16H,6,11-12,14-15H2,1-5H3,(H,25,32)(H,26,30)/t24-/m1/s1. The summed E-state index contributed by atoms with van der Waals surface area (Å²) < 4.78 is 1.47. The van der Waals surface area contributed by atoms with Crippen LogP contribution in [0.5, 0.6) is 0 Å². The Morgan fingerprint density at radius 3 is 2.44 bits per heavy atom. The molecule has 0 saturated carbocycles. The lowest BCUT2D eigenvalue weighted by Crippen LogP contribution is -2.62. The highest BCUT2D eigenvalue weighted by Gasteiger charge is 2.46. The largest absolute Gasteiger partial charge is 0.354 e. The molecule has 0 spiro atoms. The normalized spacial score (nSPS) is 17.9. The number of benzene rings is 1. The number of nitrogens with one attached hydrogen (secondary N) is 2. The molecule has 32 heavy (non-hydrogen) atoms. The third-order valence-electron chi connectivity index (χ3n) is 6.11. The molecular weight excluding hydrogens is 406 g/mol. The molecule has 1 aliphatic rings. The number of amides is 3. The van der Waals surface area contributed by atoms with E-state index >= 15 is 0 Å². The predicted molar refractivity (Wildman–Crippen MR) is 122 cm³/mol. The average Bonchev–Trinajstić information content (AvgIpc) is 3.19. The second-order valence-electron chi connectivity index (χ2n) is 9.00. The van der Waals surface area contributed by atoms with Crippen molar-refractivity contribution in [1.82, 2.24) is 25.3 Å². The monoisotopic (exact) mass is 439 g/mol. The minimum Gasteiger partial charge on any atom is -0.354 e. The Balaban J connectivity index is 1.70. The van der Waals surface area contributed by atoms with E-state index in [1.807, 2.05) is 24.3 Å². The Kier molecular flexibility index (Phi) is 7.01. The number of carbonyl (C=O) groups excluding carboxylic acids is 3. The molecule has 1 aromatic carbocycles. The van der Waals surface area contributed by atoms with E-state index in [0.717, 1.165) is 18.4 Å². The number of likely N-dealkylation sites (N-methyl/N-ethyl adjacent to an activating group) is 1. The van der Waals surface area contributed by atoms with Crippen molar-refractivity contribution in [2.45, 2.75) is 59.2 Å². The Hall–Kier alpha value is -3.16. The lowest BCUT2D eigenvalue weighted by Gasteiger charge is -2.40. The van der Waals surface area contributed by atoms with Gasteiger partial charge in [0.1, 0.15) is 11.2 Å². The van der Waals surface area contributed by atoms with Crippen molar-refractivity contribution in [2.75, 3.05) is 13.6 Å². The second kappa shape index (κ2) is 9.54. The lowest BCUT2D eigenvalue weighted by atomic mass is 9.95. The number of rotatable bonds is 8. The van der Waals surface area contributed by atoms with Gasteiger partial charge in [-0.2, -0.15) is 5.10 Å². The maximum Gasteiger partial charge on any atom is 0.272 e. The third kappa shape index (κ3) is 4.84. The van der Waals surface area contributed by atoms with Crippen LogP contribution in [0.4, 0.5) is 0 Å². The molecule has 0 radical (unpaired) electrons. The van der Waals surface area contributed by atoms with Crippen LogP contribution >= 0.6 is 0 Å². The smallest absolute Gasteiger partial charge is 0.272 e. The van der Waals surface area contributed by atoms with Crippen LogP contribution in [-0.2, 0) is 24.3 Å². The molecular formula is C24H33N5O3. The van der Waals surface area contributed by atoms with Crippen molar-refractivity contribution in [1.29, 1.82) is 0 Å². The number of fused-ring (bicyclic) bond motifs is 1. The molecule has 0 saturated heterocycles. The van der Waals surface area contributed by atoms with E-state index in [0.29, 0.717) is 24.7 Å². The summed E-state index contributed by atoms with van der Waals surface area (Å²) in [6.45, 7) is 9.10. The molecule has 3 amide bonds. The molecule has 1 aliphatic heterocycles. The van der Waals surface area contributed by atoms with E-state index in [1.165, 1.54) is 21.2 Å². The number of aryl methyl sites for hydroxylation is 1. The fourth-order valence-electron chi connectivity index (χ4n) is 3.67. The molecule has 2 aromatic rings. The topological polar surface area (TPSA) is 96.3 Å². The summed E-state index contributed by atoms with van der Waals surface area (Å²) in [4.78, 5) is 39.9. The first-order valence-corrected chi connectivity index (χ1v) is 11.2. The lowest BCUT2D eigenvalue weighted by molar-refractivity contribution is -0.132. The molecule has 8 heteroatoms. The summed E-state index contributed by atoms with van der Waals surface area (Å²) in [6, 6.07) is 9.54. The molecule has 0 bridgehead atoms. The molecule has 1 atom stereocenters.